The van der Waals surface area contributed by atoms with Gasteiger partial charge < -0.3 is 25.6 Å². The second-order valence-electron chi connectivity index (χ2n) is 4.12. The molecule has 1 aromatic carbocycles. The van der Waals surface area contributed by atoms with Crippen molar-refractivity contribution in [2.75, 3.05) is 12.4 Å². The van der Waals surface area contributed by atoms with Crippen molar-refractivity contribution < 1.29 is 24.5 Å². The molecule has 2 amide bonds. The highest BCUT2D eigenvalue weighted by Gasteiger charge is 2.25. The first-order chi connectivity index (χ1) is 9.76. The van der Waals surface area contributed by atoms with Crippen LogP contribution < -0.4 is 15.4 Å². The minimum atomic E-state index is -1.40. The van der Waals surface area contributed by atoms with E-state index in [0.717, 1.165) is 0 Å². The van der Waals surface area contributed by atoms with Crippen molar-refractivity contribution in [1.29, 1.82) is 0 Å². The van der Waals surface area contributed by atoms with Crippen LogP contribution in [0.3, 0.4) is 0 Å². The summed E-state index contributed by atoms with van der Waals surface area (Å²) in [6, 6.07) is 1.08. The topological polar surface area (TPSA) is 108 Å². The summed E-state index contributed by atoms with van der Waals surface area (Å²) in [4.78, 5) is 22.7. The second-order valence-corrected chi connectivity index (χ2v) is 5.83. The van der Waals surface area contributed by atoms with Gasteiger partial charge in [-0.05, 0) is 44.8 Å². The van der Waals surface area contributed by atoms with Crippen molar-refractivity contribution in [3.05, 3.63) is 21.1 Å². The Bertz CT molecular complexity index is 551. The molecule has 0 spiro atoms. The number of aliphatic hydroxyl groups is 1. The summed E-state index contributed by atoms with van der Waals surface area (Å²) < 4.78 is 6.37. The first kappa shape index (κ1) is 17.7. The van der Waals surface area contributed by atoms with E-state index < -0.39 is 24.1 Å². The molecule has 1 aromatic rings. The molecule has 1 rings (SSSR count). The van der Waals surface area contributed by atoms with Gasteiger partial charge in [0.1, 0.15) is 5.75 Å². The molecule has 0 bridgehead atoms. The highest BCUT2D eigenvalue weighted by Crippen LogP contribution is 2.34. The Morgan fingerprint density at radius 1 is 1.29 bits per heavy atom. The summed E-state index contributed by atoms with van der Waals surface area (Å²) in [7, 11) is 1.48. The van der Waals surface area contributed by atoms with Gasteiger partial charge in [-0.2, -0.15) is 0 Å². The Morgan fingerprint density at radius 3 is 2.38 bits per heavy atom. The highest BCUT2D eigenvalue weighted by atomic mass is 79.9. The fraction of sp³-hybridized carbons (Fsp3) is 0.333. The third-order valence-electron chi connectivity index (χ3n) is 2.52. The van der Waals surface area contributed by atoms with Crippen LogP contribution in [0, 0.1) is 0 Å². The van der Waals surface area contributed by atoms with E-state index in [2.05, 4.69) is 42.5 Å². The molecule has 2 unspecified atom stereocenters. The lowest BCUT2D eigenvalue weighted by Crippen LogP contribution is -2.49. The molecule has 7 nitrogen and oxygen atoms in total. The number of hydrogen-bond donors (Lipinski definition) is 4. The van der Waals surface area contributed by atoms with Crippen molar-refractivity contribution in [2.45, 2.75) is 19.1 Å². The molecule has 0 aromatic heterocycles. The SMILES string of the molecule is COc1cc(NC(=O)NC(C(=O)O)C(C)O)c(Br)cc1Br. The number of carbonyl (C=O) groups excluding carboxylic acids is 1. The summed E-state index contributed by atoms with van der Waals surface area (Å²) in [5.74, 6) is -0.827. The molecule has 0 fully saturated rings. The van der Waals surface area contributed by atoms with Crippen molar-refractivity contribution in [3.63, 3.8) is 0 Å². The van der Waals surface area contributed by atoms with Gasteiger partial charge in [0.15, 0.2) is 6.04 Å². The first-order valence-corrected chi connectivity index (χ1v) is 7.36. The van der Waals surface area contributed by atoms with Crippen molar-refractivity contribution in [2.24, 2.45) is 0 Å². The van der Waals surface area contributed by atoms with Gasteiger partial charge in [0.05, 0.1) is 23.4 Å². The standard InChI is InChI=1S/C12H14Br2N2O5/c1-5(17)10(11(18)19)16-12(20)15-8-4-9(21-2)7(14)3-6(8)13/h3-5,10,17H,1-2H3,(H,18,19)(H2,15,16,20). The van der Waals surface area contributed by atoms with E-state index in [1.54, 1.807) is 12.1 Å². The first-order valence-electron chi connectivity index (χ1n) is 5.77. The lowest BCUT2D eigenvalue weighted by Gasteiger charge is -2.18. The smallest absolute Gasteiger partial charge is 0.328 e. The zero-order valence-corrected chi connectivity index (χ0v) is 14.4. The van der Waals surface area contributed by atoms with Crippen LogP contribution in [0.5, 0.6) is 5.75 Å². The molecule has 2 atom stereocenters. The van der Waals surface area contributed by atoms with E-state index in [0.29, 0.717) is 20.4 Å². The van der Waals surface area contributed by atoms with Gasteiger partial charge in [-0.25, -0.2) is 9.59 Å². The minimum Gasteiger partial charge on any atom is -0.495 e. The Morgan fingerprint density at radius 2 is 1.90 bits per heavy atom. The molecule has 0 aliphatic heterocycles. The number of carbonyl (C=O) groups is 2. The number of benzene rings is 1. The summed E-state index contributed by atoms with van der Waals surface area (Å²) in [6.07, 6.45) is -1.23. The molecule has 0 aliphatic rings. The molecule has 0 saturated heterocycles. The number of urea groups is 1. The molecule has 21 heavy (non-hydrogen) atoms. The van der Waals surface area contributed by atoms with Crippen LogP contribution >= 0.6 is 31.9 Å². The number of carboxylic acids is 1. The number of ether oxygens (including phenoxy) is 1. The van der Waals surface area contributed by atoms with Crippen molar-refractivity contribution in [1.82, 2.24) is 5.32 Å². The van der Waals surface area contributed by atoms with Crippen LogP contribution in [0.25, 0.3) is 0 Å². The van der Waals surface area contributed by atoms with Crippen molar-refractivity contribution >= 4 is 49.5 Å². The number of halogens is 2. The lowest BCUT2D eigenvalue weighted by atomic mass is 10.2. The third kappa shape index (κ3) is 4.87. The monoisotopic (exact) mass is 424 g/mol. The number of hydrogen-bond acceptors (Lipinski definition) is 4. The van der Waals surface area contributed by atoms with Gasteiger partial charge in [-0.1, -0.05) is 0 Å². The summed E-state index contributed by atoms with van der Waals surface area (Å²) in [5.41, 5.74) is 0.391. The Hall–Kier alpha value is -1.32. The van der Waals surface area contributed by atoms with Crippen LogP contribution in [-0.4, -0.2) is 41.5 Å². The fourth-order valence-corrected chi connectivity index (χ4v) is 2.72. The van der Waals surface area contributed by atoms with Gasteiger partial charge in [-0.3, -0.25) is 0 Å². The molecule has 0 saturated carbocycles. The number of aliphatic hydroxyl groups excluding tert-OH is 1. The van der Waals surface area contributed by atoms with E-state index in [-0.39, 0.29) is 0 Å². The summed E-state index contributed by atoms with van der Waals surface area (Å²) in [5, 5.41) is 22.9. The van der Waals surface area contributed by atoms with Gasteiger partial charge in [0.25, 0.3) is 0 Å². The second kappa shape index (κ2) is 7.62. The predicted octanol–water partition coefficient (Wildman–Crippen LogP) is 2.18. The quantitative estimate of drug-likeness (QED) is 0.578. The maximum absolute atomic E-state index is 11.8. The highest BCUT2D eigenvalue weighted by molar-refractivity contribution is 9.11. The molecule has 0 heterocycles. The average molecular weight is 426 g/mol. The van der Waals surface area contributed by atoms with E-state index in [1.807, 2.05) is 0 Å². The van der Waals surface area contributed by atoms with E-state index in [9.17, 15) is 14.7 Å². The molecular weight excluding hydrogens is 412 g/mol. The summed E-state index contributed by atoms with van der Waals surface area (Å²) >= 11 is 6.56. The number of rotatable bonds is 5. The van der Waals surface area contributed by atoms with Crippen LogP contribution in [0.2, 0.25) is 0 Å². The van der Waals surface area contributed by atoms with E-state index in [4.69, 9.17) is 9.84 Å². The van der Waals surface area contributed by atoms with Crippen LogP contribution in [0.15, 0.2) is 21.1 Å². The average Bonchev–Trinajstić information content (AvgIpc) is 2.38. The Balaban J connectivity index is 2.86. The van der Waals surface area contributed by atoms with E-state index in [1.165, 1.54) is 14.0 Å². The normalized spacial score (nSPS) is 13.2. The predicted molar refractivity (Wildman–Crippen MR) is 83.7 cm³/mol. The summed E-state index contributed by atoms with van der Waals surface area (Å²) in [6.45, 7) is 1.28. The molecule has 0 aliphatic carbocycles. The molecular formula is C12H14Br2N2O5. The van der Waals surface area contributed by atoms with Gasteiger partial charge in [0.2, 0.25) is 0 Å². The van der Waals surface area contributed by atoms with Crippen LogP contribution in [0.4, 0.5) is 10.5 Å². The Labute approximate surface area is 137 Å². The zero-order chi connectivity index (χ0) is 16.2. The van der Waals surface area contributed by atoms with Gasteiger partial charge >= 0.3 is 12.0 Å². The molecule has 0 radical (unpaired) electrons. The zero-order valence-electron chi connectivity index (χ0n) is 11.2. The van der Waals surface area contributed by atoms with Crippen LogP contribution in [0.1, 0.15) is 6.92 Å². The minimum absolute atomic E-state index is 0.391. The molecule has 116 valence electrons. The maximum Gasteiger partial charge on any atom is 0.328 e. The largest absolute Gasteiger partial charge is 0.495 e. The Kier molecular flexibility index (Phi) is 6.43. The van der Waals surface area contributed by atoms with Crippen LogP contribution in [-0.2, 0) is 4.79 Å². The van der Waals surface area contributed by atoms with Crippen molar-refractivity contribution in [3.8, 4) is 5.75 Å². The number of nitrogens with one attached hydrogen (secondary N) is 2. The number of aliphatic carboxylic acids is 1. The maximum atomic E-state index is 11.8. The molecule has 9 heteroatoms. The number of methoxy groups -OCH3 is 1. The lowest BCUT2D eigenvalue weighted by molar-refractivity contribution is -0.141. The van der Waals surface area contributed by atoms with Gasteiger partial charge in [0, 0.05) is 10.5 Å². The fourth-order valence-electron chi connectivity index (χ4n) is 1.47. The third-order valence-corrected chi connectivity index (χ3v) is 3.80. The number of carboxylic acid groups (broad SMARTS) is 1. The number of anilines is 1. The molecule has 4 N–H and O–H groups in total. The van der Waals surface area contributed by atoms with Gasteiger partial charge in [-0.15, -0.1) is 0 Å². The number of amides is 2. The van der Waals surface area contributed by atoms with E-state index >= 15 is 0 Å².